The van der Waals surface area contributed by atoms with E-state index in [1.165, 1.54) is 7.11 Å². The van der Waals surface area contributed by atoms with Gasteiger partial charge in [0.05, 0.1) is 13.0 Å². The van der Waals surface area contributed by atoms with Crippen LogP contribution in [0, 0.1) is 5.92 Å². The SMILES string of the molecule is COC(=O)C1CC(=O)N(CCn2cccc2)C1. The molecule has 1 amide bonds. The molecule has 1 aromatic rings. The first-order valence-electron chi connectivity index (χ1n) is 5.67. The van der Waals surface area contributed by atoms with E-state index in [4.69, 9.17) is 0 Å². The molecule has 1 saturated heterocycles. The van der Waals surface area contributed by atoms with Gasteiger partial charge in [0.15, 0.2) is 0 Å². The minimum absolute atomic E-state index is 0.0348. The van der Waals surface area contributed by atoms with Gasteiger partial charge in [-0.2, -0.15) is 0 Å². The van der Waals surface area contributed by atoms with Crippen LogP contribution in [0.2, 0.25) is 0 Å². The van der Waals surface area contributed by atoms with Gasteiger partial charge in [-0.25, -0.2) is 0 Å². The van der Waals surface area contributed by atoms with Gasteiger partial charge in [0.25, 0.3) is 0 Å². The highest BCUT2D eigenvalue weighted by Crippen LogP contribution is 2.18. The molecule has 92 valence electrons. The van der Waals surface area contributed by atoms with Crippen molar-refractivity contribution in [2.45, 2.75) is 13.0 Å². The number of carbonyl (C=O) groups is 2. The Morgan fingerprint density at radius 3 is 2.76 bits per heavy atom. The maximum atomic E-state index is 11.7. The number of carbonyl (C=O) groups excluding carboxylic acids is 2. The largest absolute Gasteiger partial charge is 0.469 e. The lowest BCUT2D eigenvalue weighted by atomic mass is 10.1. The van der Waals surface area contributed by atoms with Crippen LogP contribution < -0.4 is 0 Å². The smallest absolute Gasteiger partial charge is 0.310 e. The van der Waals surface area contributed by atoms with Gasteiger partial charge in [-0.3, -0.25) is 9.59 Å². The van der Waals surface area contributed by atoms with Crippen molar-refractivity contribution in [3.05, 3.63) is 24.5 Å². The number of esters is 1. The third-order valence-corrected chi connectivity index (χ3v) is 3.04. The molecule has 0 aliphatic carbocycles. The molecule has 17 heavy (non-hydrogen) atoms. The zero-order valence-corrected chi connectivity index (χ0v) is 9.83. The van der Waals surface area contributed by atoms with Crippen molar-refractivity contribution < 1.29 is 14.3 Å². The molecule has 0 radical (unpaired) electrons. The van der Waals surface area contributed by atoms with Gasteiger partial charge >= 0.3 is 5.97 Å². The highest BCUT2D eigenvalue weighted by molar-refractivity contribution is 5.86. The van der Waals surface area contributed by atoms with E-state index in [0.29, 0.717) is 13.1 Å². The average Bonchev–Trinajstić information content (AvgIpc) is 2.95. The number of nitrogens with zero attached hydrogens (tertiary/aromatic N) is 2. The first-order valence-corrected chi connectivity index (χ1v) is 5.67. The van der Waals surface area contributed by atoms with Gasteiger partial charge in [0.2, 0.25) is 5.91 Å². The molecule has 0 aromatic carbocycles. The van der Waals surface area contributed by atoms with E-state index >= 15 is 0 Å². The van der Waals surface area contributed by atoms with Crippen LogP contribution in [0.4, 0.5) is 0 Å². The van der Waals surface area contributed by atoms with Crippen molar-refractivity contribution in [3.63, 3.8) is 0 Å². The van der Waals surface area contributed by atoms with Gasteiger partial charge in [0.1, 0.15) is 0 Å². The van der Waals surface area contributed by atoms with Gasteiger partial charge in [-0.15, -0.1) is 0 Å². The molecule has 2 rings (SSSR count). The van der Waals surface area contributed by atoms with Crippen molar-refractivity contribution in [3.8, 4) is 0 Å². The molecule has 1 aliphatic heterocycles. The minimum atomic E-state index is -0.294. The lowest BCUT2D eigenvalue weighted by Crippen LogP contribution is -2.29. The maximum Gasteiger partial charge on any atom is 0.310 e. The van der Waals surface area contributed by atoms with Crippen LogP contribution in [0.1, 0.15) is 6.42 Å². The Morgan fingerprint density at radius 2 is 2.12 bits per heavy atom. The number of rotatable bonds is 4. The topological polar surface area (TPSA) is 51.5 Å². The van der Waals surface area contributed by atoms with E-state index in [9.17, 15) is 9.59 Å². The molecule has 2 heterocycles. The number of methoxy groups -OCH3 is 1. The molecule has 0 N–H and O–H groups in total. The summed E-state index contributed by atoms with van der Waals surface area (Å²) in [6.45, 7) is 1.88. The Labute approximate surface area is 100.0 Å². The van der Waals surface area contributed by atoms with Gasteiger partial charge in [-0.05, 0) is 12.1 Å². The third kappa shape index (κ3) is 2.67. The number of hydrogen-bond acceptors (Lipinski definition) is 3. The van der Waals surface area contributed by atoms with Crippen molar-refractivity contribution in [2.75, 3.05) is 20.2 Å². The molecule has 5 nitrogen and oxygen atoms in total. The molecule has 5 heteroatoms. The lowest BCUT2D eigenvalue weighted by Gasteiger charge is -2.16. The van der Waals surface area contributed by atoms with E-state index < -0.39 is 0 Å². The quantitative estimate of drug-likeness (QED) is 0.716. The Bertz CT molecular complexity index is 400. The molecule has 1 aliphatic rings. The molecule has 1 fully saturated rings. The molecule has 1 unspecified atom stereocenters. The summed E-state index contributed by atoms with van der Waals surface area (Å²) in [5.41, 5.74) is 0. The first kappa shape index (κ1) is 11.7. The molecule has 1 aromatic heterocycles. The van der Waals surface area contributed by atoms with Crippen molar-refractivity contribution in [1.82, 2.24) is 9.47 Å². The first-order chi connectivity index (χ1) is 8.20. The van der Waals surface area contributed by atoms with Crippen LogP contribution in [0.3, 0.4) is 0 Å². The van der Waals surface area contributed by atoms with Crippen LogP contribution in [0.5, 0.6) is 0 Å². The summed E-state index contributed by atoms with van der Waals surface area (Å²) in [5.74, 6) is -0.550. The summed E-state index contributed by atoms with van der Waals surface area (Å²) in [5, 5.41) is 0. The lowest BCUT2D eigenvalue weighted by molar-refractivity contribution is -0.145. The predicted molar refractivity (Wildman–Crippen MR) is 61.1 cm³/mol. The fourth-order valence-electron chi connectivity index (χ4n) is 2.07. The average molecular weight is 236 g/mol. The summed E-state index contributed by atoms with van der Waals surface area (Å²) in [7, 11) is 1.36. The second-order valence-electron chi connectivity index (χ2n) is 4.18. The summed E-state index contributed by atoms with van der Waals surface area (Å²) >= 11 is 0. The van der Waals surface area contributed by atoms with E-state index in [1.807, 2.05) is 29.1 Å². The van der Waals surface area contributed by atoms with E-state index in [-0.39, 0.29) is 24.2 Å². The van der Waals surface area contributed by atoms with Crippen molar-refractivity contribution in [1.29, 1.82) is 0 Å². The van der Waals surface area contributed by atoms with Crippen molar-refractivity contribution in [2.24, 2.45) is 5.92 Å². The summed E-state index contributed by atoms with van der Waals surface area (Å²) in [6, 6.07) is 3.89. The number of hydrogen-bond donors (Lipinski definition) is 0. The second kappa shape index (κ2) is 5.03. The Morgan fingerprint density at radius 1 is 1.41 bits per heavy atom. The molecule has 1 atom stereocenters. The number of likely N-dealkylation sites (tertiary alicyclic amines) is 1. The Hall–Kier alpha value is -1.78. The summed E-state index contributed by atoms with van der Waals surface area (Å²) in [6.07, 6.45) is 4.19. The minimum Gasteiger partial charge on any atom is -0.469 e. The highest BCUT2D eigenvalue weighted by Gasteiger charge is 2.34. The zero-order chi connectivity index (χ0) is 12.3. The second-order valence-corrected chi connectivity index (χ2v) is 4.18. The normalized spacial score (nSPS) is 19.7. The van der Waals surface area contributed by atoms with Gasteiger partial charge < -0.3 is 14.2 Å². The number of ether oxygens (including phenoxy) is 1. The van der Waals surface area contributed by atoms with Crippen LogP contribution in [-0.4, -0.2) is 41.5 Å². The van der Waals surface area contributed by atoms with Crippen molar-refractivity contribution >= 4 is 11.9 Å². The third-order valence-electron chi connectivity index (χ3n) is 3.04. The van der Waals surface area contributed by atoms with Gasteiger partial charge in [0, 0.05) is 38.4 Å². The van der Waals surface area contributed by atoms with Crippen LogP contribution >= 0.6 is 0 Å². The molecule has 0 bridgehead atoms. The predicted octanol–water partition coefficient (Wildman–Crippen LogP) is 0.510. The summed E-state index contributed by atoms with van der Waals surface area (Å²) < 4.78 is 6.67. The highest BCUT2D eigenvalue weighted by atomic mass is 16.5. The fraction of sp³-hybridized carbons (Fsp3) is 0.500. The standard InChI is InChI=1S/C12H16N2O3/c1-17-12(16)10-8-11(15)14(9-10)7-6-13-4-2-3-5-13/h2-5,10H,6-9H2,1H3. The number of aromatic nitrogens is 1. The van der Waals surface area contributed by atoms with E-state index in [0.717, 1.165) is 6.54 Å². The van der Waals surface area contributed by atoms with Crippen LogP contribution in [0.25, 0.3) is 0 Å². The van der Waals surface area contributed by atoms with E-state index in [1.54, 1.807) is 4.90 Å². The molecule has 0 spiro atoms. The Kier molecular flexibility index (Phi) is 3.46. The monoisotopic (exact) mass is 236 g/mol. The van der Waals surface area contributed by atoms with Gasteiger partial charge in [-0.1, -0.05) is 0 Å². The Balaban J connectivity index is 1.86. The summed E-state index contributed by atoms with van der Waals surface area (Å²) in [4.78, 5) is 24.7. The number of amides is 1. The fourth-order valence-corrected chi connectivity index (χ4v) is 2.07. The maximum absolute atomic E-state index is 11.7. The molecular formula is C12H16N2O3. The van der Waals surface area contributed by atoms with E-state index in [2.05, 4.69) is 4.74 Å². The van der Waals surface area contributed by atoms with Crippen LogP contribution in [0.15, 0.2) is 24.5 Å². The van der Waals surface area contributed by atoms with Crippen LogP contribution in [-0.2, 0) is 20.9 Å². The molecule has 0 saturated carbocycles. The molecular weight excluding hydrogens is 220 g/mol. The zero-order valence-electron chi connectivity index (χ0n) is 9.83.